The van der Waals surface area contributed by atoms with Crippen LogP contribution in [-0.2, 0) is 6.42 Å². The van der Waals surface area contributed by atoms with Gasteiger partial charge >= 0.3 is 0 Å². The number of rotatable bonds is 6. The first kappa shape index (κ1) is 17.6. The highest BCUT2D eigenvalue weighted by molar-refractivity contribution is 9.10. The van der Waals surface area contributed by atoms with Gasteiger partial charge in [-0.2, -0.15) is 0 Å². The predicted octanol–water partition coefficient (Wildman–Crippen LogP) is 4.43. The Bertz CT molecular complexity index is 429. The quantitative estimate of drug-likeness (QED) is 0.591. The van der Waals surface area contributed by atoms with Crippen LogP contribution in [0.2, 0.25) is 0 Å². The summed E-state index contributed by atoms with van der Waals surface area (Å²) in [6.07, 6.45) is 2.86. The molecule has 20 heavy (non-hydrogen) atoms. The Balaban J connectivity index is 2.65. The summed E-state index contributed by atoms with van der Waals surface area (Å²) in [4.78, 5) is 0. The van der Waals surface area contributed by atoms with Crippen molar-refractivity contribution in [3.63, 3.8) is 0 Å². The molecule has 4 heteroatoms. The highest BCUT2D eigenvalue weighted by Crippen LogP contribution is 2.28. The molecule has 0 radical (unpaired) electrons. The summed E-state index contributed by atoms with van der Waals surface area (Å²) in [7, 11) is 0. The number of benzene rings is 1. The van der Waals surface area contributed by atoms with Crippen LogP contribution in [0, 0.1) is 17.2 Å². The SMILES string of the molecule is CC(CC(Cc1cccc(F)c1Br)NN)CC(C)(C)C. The second-order valence-electron chi connectivity index (χ2n) is 6.89. The second kappa shape index (κ2) is 7.53. The number of hydrogen-bond donors (Lipinski definition) is 2. The smallest absolute Gasteiger partial charge is 0.137 e. The number of halogens is 2. The van der Waals surface area contributed by atoms with Crippen LogP contribution in [0.15, 0.2) is 22.7 Å². The molecule has 0 amide bonds. The molecular formula is C16H26BrFN2. The van der Waals surface area contributed by atoms with Gasteiger partial charge in [-0.05, 0) is 58.2 Å². The Kier molecular flexibility index (Phi) is 6.62. The van der Waals surface area contributed by atoms with Crippen molar-refractivity contribution in [1.29, 1.82) is 0 Å². The van der Waals surface area contributed by atoms with Crippen LogP contribution >= 0.6 is 15.9 Å². The van der Waals surface area contributed by atoms with Gasteiger partial charge < -0.3 is 0 Å². The number of hydrazine groups is 1. The fraction of sp³-hybridized carbons (Fsp3) is 0.625. The summed E-state index contributed by atoms with van der Waals surface area (Å²) < 4.78 is 14.1. The normalized spacial score (nSPS) is 15.2. The van der Waals surface area contributed by atoms with Gasteiger partial charge in [0.2, 0.25) is 0 Å². The molecule has 0 fully saturated rings. The van der Waals surface area contributed by atoms with E-state index in [2.05, 4.69) is 49.1 Å². The van der Waals surface area contributed by atoms with Crippen LogP contribution in [0.3, 0.4) is 0 Å². The molecule has 0 bridgehead atoms. The first-order valence-electron chi connectivity index (χ1n) is 7.12. The summed E-state index contributed by atoms with van der Waals surface area (Å²) >= 11 is 3.31. The van der Waals surface area contributed by atoms with E-state index in [-0.39, 0.29) is 11.9 Å². The summed E-state index contributed by atoms with van der Waals surface area (Å²) in [5.74, 6) is 6.01. The van der Waals surface area contributed by atoms with Gasteiger partial charge in [0.25, 0.3) is 0 Å². The average molecular weight is 345 g/mol. The third-order valence-electron chi connectivity index (χ3n) is 3.38. The Morgan fingerprint density at radius 2 is 2.00 bits per heavy atom. The van der Waals surface area contributed by atoms with Crippen LogP contribution in [0.1, 0.15) is 46.1 Å². The lowest BCUT2D eigenvalue weighted by molar-refractivity contribution is 0.274. The molecule has 1 aromatic carbocycles. The van der Waals surface area contributed by atoms with Gasteiger partial charge in [-0.3, -0.25) is 11.3 Å². The third kappa shape index (κ3) is 5.90. The minimum absolute atomic E-state index is 0.158. The lowest BCUT2D eigenvalue weighted by Gasteiger charge is -2.26. The average Bonchev–Trinajstić information content (AvgIpc) is 2.31. The van der Waals surface area contributed by atoms with Crippen molar-refractivity contribution in [1.82, 2.24) is 5.43 Å². The molecule has 0 aliphatic heterocycles. The van der Waals surface area contributed by atoms with Gasteiger partial charge in [-0.25, -0.2) is 4.39 Å². The topological polar surface area (TPSA) is 38.0 Å². The molecule has 0 saturated carbocycles. The first-order chi connectivity index (χ1) is 9.23. The Morgan fingerprint density at radius 1 is 1.35 bits per heavy atom. The van der Waals surface area contributed by atoms with E-state index < -0.39 is 0 Å². The van der Waals surface area contributed by atoms with Crippen molar-refractivity contribution >= 4 is 15.9 Å². The molecule has 0 aromatic heterocycles. The number of nitrogens with one attached hydrogen (secondary N) is 1. The monoisotopic (exact) mass is 344 g/mol. The highest BCUT2D eigenvalue weighted by atomic mass is 79.9. The molecule has 3 N–H and O–H groups in total. The zero-order valence-electron chi connectivity index (χ0n) is 12.8. The summed E-state index contributed by atoms with van der Waals surface area (Å²) in [6.45, 7) is 8.99. The maximum absolute atomic E-state index is 13.5. The van der Waals surface area contributed by atoms with E-state index in [1.54, 1.807) is 6.07 Å². The van der Waals surface area contributed by atoms with Crippen LogP contribution in [0.4, 0.5) is 4.39 Å². The summed E-state index contributed by atoms with van der Waals surface area (Å²) in [5.41, 5.74) is 4.14. The van der Waals surface area contributed by atoms with Crippen LogP contribution < -0.4 is 11.3 Å². The van der Waals surface area contributed by atoms with Gasteiger partial charge in [0, 0.05) is 6.04 Å². The van der Waals surface area contributed by atoms with Crippen molar-refractivity contribution in [3.8, 4) is 0 Å². The largest absolute Gasteiger partial charge is 0.271 e. The van der Waals surface area contributed by atoms with Crippen LogP contribution in [0.5, 0.6) is 0 Å². The van der Waals surface area contributed by atoms with Gasteiger partial charge in [0.1, 0.15) is 5.82 Å². The predicted molar refractivity (Wildman–Crippen MR) is 86.8 cm³/mol. The molecule has 1 rings (SSSR count). The van der Waals surface area contributed by atoms with Gasteiger partial charge in [-0.15, -0.1) is 0 Å². The number of nitrogens with two attached hydrogens (primary N) is 1. The van der Waals surface area contributed by atoms with E-state index in [1.165, 1.54) is 6.07 Å². The van der Waals surface area contributed by atoms with Crippen LogP contribution in [-0.4, -0.2) is 6.04 Å². The van der Waals surface area contributed by atoms with Crippen molar-refractivity contribution < 1.29 is 4.39 Å². The molecule has 0 aliphatic rings. The minimum Gasteiger partial charge on any atom is -0.271 e. The molecule has 0 saturated heterocycles. The van der Waals surface area contributed by atoms with Crippen molar-refractivity contribution in [2.45, 2.75) is 53.0 Å². The maximum Gasteiger partial charge on any atom is 0.137 e. The van der Waals surface area contributed by atoms with Crippen molar-refractivity contribution in [2.24, 2.45) is 17.2 Å². The van der Waals surface area contributed by atoms with E-state index in [0.717, 1.165) is 24.8 Å². The first-order valence-corrected chi connectivity index (χ1v) is 7.91. The van der Waals surface area contributed by atoms with E-state index in [4.69, 9.17) is 5.84 Å². The highest BCUT2D eigenvalue weighted by Gasteiger charge is 2.19. The Hall–Kier alpha value is -0.450. The van der Waals surface area contributed by atoms with E-state index in [9.17, 15) is 4.39 Å². The molecule has 2 nitrogen and oxygen atoms in total. The Morgan fingerprint density at radius 3 is 2.55 bits per heavy atom. The van der Waals surface area contributed by atoms with E-state index in [1.807, 2.05) is 6.07 Å². The summed E-state index contributed by atoms with van der Waals surface area (Å²) in [5, 5.41) is 0. The fourth-order valence-corrected chi connectivity index (χ4v) is 3.22. The number of hydrogen-bond acceptors (Lipinski definition) is 2. The molecule has 0 heterocycles. The Labute approximate surface area is 130 Å². The fourth-order valence-electron chi connectivity index (χ4n) is 2.80. The molecule has 1 aromatic rings. The van der Waals surface area contributed by atoms with Crippen molar-refractivity contribution in [3.05, 3.63) is 34.1 Å². The molecule has 2 atom stereocenters. The lowest BCUT2D eigenvalue weighted by Crippen LogP contribution is -2.38. The standard InChI is InChI=1S/C16H26BrFN2/c1-11(10-16(2,3)4)8-13(20-19)9-12-6-5-7-14(18)15(12)17/h5-7,11,13,20H,8-10,19H2,1-4H3. The zero-order chi connectivity index (χ0) is 15.3. The zero-order valence-corrected chi connectivity index (χ0v) is 14.4. The maximum atomic E-state index is 13.5. The van der Waals surface area contributed by atoms with E-state index in [0.29, 0.717) is 15.8 Å². The molecule has 0 spiro atoms. The molecule has 0 aliphatic carbocycles. The van der Waals surface area contributed by atoms with Crippen molar-refractivity contribution in [2.75, 3.05) is 0 Å². The van der Waals surface area contributed by atoms with Gasteiger partial charge in [-0.1, -0.05) is 39.8 Å². The third-order valence-corrected chi connectivity index (χ3v) is 4.27. The lowest BCUT2D eigenvalue weighted by atomic mass is 9.82. The van der Waals surface area contributed by atoms with Gasteiger partial charge in [0.15, 0.2) is 0 Å². The minimum atomic E-state index is -0.221. The molecular weight excluding hydrogens is 319 g/mol. The summed E-state index contributed by atoms with van der Waals surface area (Å²) in [6, 6.07) is 5.29. The molecule has 2 unspecified atom stereocenters. The van der Waals surface area contributed by atoms with Gasteiger partial charge in [0.05, 0.1) is 4.47 Å². The van der Waals surface area contributed by atoms with Crippen LogP contribution in [0.25, 0.3) is 0 Å². The molecule has 114 valence electrons. The second-order valence-corrected chi connectivity index (χ2v) is 7.68. The van der Waals surface area contributed by atoms with E-state index >= 15 is 0 Å².